The molecular weight excluding hydrogens is 360 g/mol. The van der Waals surface area contributed by atoms with Gasteiger partial charge in [0.2, 0.25) is 15.9 Å². The lowest BCUT2D eigenvalue weighted by atomic mass is 10.2. The smallest absolute Gasteiger partial charge is 0.243 e. The van der Waals surface area contributed by atoms with Crippen LogP contribution in [0.2, 0.25) is 0 Å². The summed E-state index contributed by atoms with van der Waals surface area (Å²) in [6.07, 6.45) is 1.64. The van der Waals surface area contributed by atoms with Crippen molar-refractivity contribution in [3.63, 3.8) is 0 Å². The molecule has 1 aliphatic heterocycles. The molecule has 1 fully saturated rings. The van der Waals surface area contributed by atoms with Gasteiger partial charge in [0.25, 0.3) is 0 Å². The first kappa shape index (κ1) is 17.9. The molecule has 1 aliphatic rings. The standard InChI is InChI=1S/C17H20N2O4S2/c1-12(20)18-14-11-13(7-8-16(14)23-2)25(21,22)19-9-3-5-15(19)17-6-4-10-24-17/h4,6-8,10-11,15H,3,5,9H2,1-2H3,(H,18,20). The van der Waals surface area contributed by atoms with Crippen LogP contribution in [0.3, 0.4) is 0 Å². The van der Waals surface area contributed by atoms with Crippen LogP contribution in [0.1, 0.15) is 30.7 Å². The Morgan fingerprint density at radius 3 is 2.80 bits per heavy atom. The number of hydrogen-bond acceptors (Lipinski definition) is 5. The molecule has 2 heterocycles. The topological polar surface area (TPSA) is 75.7 Å². The highest BCUT2D eigenvalue weighted by Gasteiger charge is 2.37. The predicted octanol–water partition coefficient (Wildman–Crippen LogP) is 3.24. The number of ether oxygens (including phenoxy) is 1. The Hall–Kier alpha value is -1.90. The number of hydrogen-bond donors (Lipinski definition) is 1. The fourth-order valence-corrected chi connectivity index (χ4v) is 5.70. The molecule has 1 unspecified atom stereocenters. The van der Waals surface area contributed by atoms with Gasteiger partial charge in [-0.2, -0.15) is 4.31 Å². The van der Waals surface area contributed by atoms with Crippen LogP contribution in [-0.4, -0.2) is 32.3 Å². The van der Waals surface area contributed by atoms with Gasteiger partial charge in [0, 0.05) is 18.3 Å². The van der Waals surface area contributed by atoms with Crippen LogP contribution in [0.25, 0.3) is 0 Å². The third-order valence-corrected chi connectivity index (χ3v) is 7.04. The Balaban J connectivity index is 1.98. The maximum atomic E-state index is 13.2. The van der Waals surface area contributed by atoms with Gasteiger partial charge in [-0.05, 0) is 42.5 Å². The molecule has 1 atom stereocenters. The Kier molecular flexibility index (Phi) is 5.12. The van der Waals surface area contributed by atoms with Gasteiger partial charge in [0.15, 0.2) is 0 Å². The fourth-order valence-electron chi connectivity index (χ4n) is 3.06. The van der Waals surface area contributed by atoms with Crippen molar-refractivity contribution < 1.29 is 17.9 Å². The van der Waals surface area contributed by atoms with Crippen LogP contribution < -0.4 is 10.1 Å². The lowest BCUT2D eigenvalue weighted by Gasteiger charge is -2.24. The van der Waals surface area contributed by atoms with Gasteiger partial charge in [-0.3, -0.25) is 4.79 Å². The number of carbonyl (C=O) groups is 1. The summed E-state index contributed by atoms with van der Waals surface area (Å²) < 4.78 is 33.1. The largest absolute Gasteiger partial charge is 0.495 e. The van der Waals surface area contributed by atoms with E-state index in [9.17, 15) is 13.2 Å². The zero-order valence-corrected chi connectivity index (χ0v) is 15.7. The summed E-state index contributed by atoms with van der Waals surface area (Å²) in [5.41, 5.74) is 0.350. The molecule has 0 bridgehead atoms. The number of amides is 1. The molecule has 1 aromatic heterocycles. The van der Waals surface area contributed by atoms with Gasteiger partial charge >= 0.3 is 0 Å². The minimum Gasteiger partial charge on any atom is -0.495 e. The lowest BCUT2D eigenvalue weighted by molar-refractivity contribution is -0.114. The highest BCUT2D eigenvalue weighted by atomic mass is 32.2. The van der Waals surface area contributed by atoms with Gasteiger partial charge in [0.05, 0.1) is 23.7 Å². The van der Waals surface area contributed by atoms with Crippen molar-refractivity contribution in [2.45, 2.75) is 30.7 Å². The van der Waals surface area contributed by atoms with Gasteiger partial charge in [-0.25, -0.2) is 8.42 Å². The first-order chi connectivity index (χ1) is 11.9. The number of nitrogens with zero attached hydrogens (tertiary/aromatic N) is 1. The Morgan fingerprint density at radius 2 is 2.16 bits per heavy atom. The molecule has 1 N–H and O–H groups in total. The van der Waals surface area contributed by atoms with Gasteiger partial charge < -0.3 is 10.1 Å². The Bertz CT molecular complexity index is 863. The number of anilines is 1. The predicted molar refractivity (Wildman–Crippen MR) is 97.5 cm³/mol. The van der Waals surface area contributed by atoms with Crippen LogP contribution >= 0.6 is 11.3 Å². The molecule has 0 saturated carbocycles. The van der Waals surface area contributed by atoms with E-state index in [0.29, 0.717) is 18.0 Å². The van der Waals surface area contributed by atoms with E-state index >= 15 is 0 Å². The second kappa shape index (κ2) is 7.15. The molecule has 8 heteroatoms. The third-order valence-electron chi connectivity index (χ3n) is 4.16. The summed E-state index contributed by atoms with van der Waals surface area (Å²) >= 11 is 1.57. The van der Waals surface area contributed by atoms with Crippen molar-refractivity contribution in [3.05, 3.63) is 40.6 Å². The minimum atomic E-state index is -3.66. The summed E-state index contributed by atoms with van der Waals surface area (Å²) in [7, 11) is -2.19. The monoisotopic (exact) mass is 380 g/mol. The molecule has 134 valence electrons. The first-order valence-corrected chi connectivity index (χ1v) is 10.3. The number of thiophene rings is 1. The first-order valence-electron chi connectivity index (χ1n) is 7.94. The molecule has 0 radical (unpaired) electrons. The molecule has 6 nitrogen and oxygen atoms in total. The molecule has 2 aromatic rings. The van der Waals surface area contributed by atoms with Gasteiger partial charge in [-0.1, -0.05) is 6.07 Å². The molecule has 1 saturated heterocycles. The molecule has 3 rings (SSSR count). The van der Waals surface area contributed by atoms with E-state index < -0.39 is 10.0 Å². The van der Waals surface area contributed by atoms with Crippen LogP contribution in [0.4, 0.5) is 5.69 Å². The maximum Gasteiger partial charge on any atom is 0.243 e. The number of benzene rings is 1. The molecule has 1 amide bonds. The second-order valence-electron chi connectivity index (χ2n) is 5.83. The maximum absolute atomic E-state index is 13.2. The Morgan fingerprint density at radius 1 is 1.36 bits per heavy atom. The summed E-state index contributed by atoms with van der Waals surface area (Å²) in [4.78, 5) is 12.6. The van der Waals surface area contributed by atoms with E-state index in [4.69, 9.17) is 4.74 Å². The van der Waals surface area contributed by atoms with E-state index in [1.54, 1.807) is 21.7 Å². The molecule has 0 aliphatic carbocycles. The van der Waals surface area contributed by atoms with Crippen LogP contribution in [-0.2, 0) is 14.8 Å². The van der Waals surface area contributed by atoms with Crippen molar-refractivity contribution in [3.8, 4) is 5.75 Å². The highest BCUT2D eigenvalue weighted by Crippen LogP contribution is 2.39. The summed E-state index contributed by atoms with van der Waals surface area (Å²) in [6.45, 7) is 1.86. The Labute approximate surface area is 151 Å². The average molecular weight is 380 g/mol. The normalized spacial score (nSPS) is 18.2. The number of nitrogens with one attached hydrogen (secondary N) is 1. The molecule has 25 heavy (non-hydrogen) atoms. The minimum absolute atomic E-state index is 0.128. The number of rotatable bonds is 5. The van der Waals surface area contributed by atoms with E-state index in [0.717, 1.165) is 17.7 Å². The molecule has 1 aromatic carbocycles. The van der Waals surface area contributed by atoms with Crippen LogP contribution in [0, 0.1) is 0 Å². The van der Waals surface area contributed by atoms with Gasteiger partial charge in [0.1, 0.15) is 5.75 Å². The van der Waals surface area contributed by atoms with Crippen molar-refractivity contribution >= 4 is 33.0 Å². The second-order valence-corrected chi connectivity index (χ2v) is 8.70. The van der Waals surface area contributed by atoms with Crippen LogP contribution in [0.15, 0.2) is 40.6 Å². The summed E-state index contributed by atoms with van der Waals surface area (Å²) in [5, 5.41) is 4.58. The van der Waals surface area contributed by atoms with E-state index in [1.807, 2.05) is 17.5 Å². The van der Waals surface area contributed by atoms with Crippen molar-refractivity contribution in [1.29, 1.82) is 0 Å². The third kappa shape index (κ3) is 3.56. The number of methoxy groups -OCH3 is 1. The number of sulfonamides is 1. The average Bonchev–Trinajstić information content (AvgIpc) is 3.25. The van der Waals surface area contributed by atoms with E-state index in [1.165, 1.54) is 26.2 Å². The highest BCUT2D eigenvalue weighted by molar-refractivity contribution is 7.89. The van der Waals surface area contributed by atoms with E-state index in [-0.39, 0.29) is 16.8 Å². The van der Waals surface area contributed by atoms with Crippen LogP contribution in [0.5, 0.6) is 5.75 Å². The van der Waals surface area contributed by atoms with Crippen molar-refractivity contribution in [2.24, 2.45) is 0 Å². The lowest BCUT2D eigenvalue weighted by Crippen LogP contribution is -2.30. The molecule has 0 spiro atoms. The summed E-state index contributed by atoms with van der Waals surface area (Å²) in [5.74, 6) is 0.135. The SMILES string of the molecule is COc1ccc(S(=O)(=O)N2CCCC2c2cccs2)cc1NC(C)=O. The molecular formula is C17H20N2O4S2. The zero-order valence-electron chi connectivity index (χ0n) is 14.1. The van der Waals surface area contributed by atoms with Crippen molar-refractivity contribution in [2.75, 3.05) is 19.0 Å². The van der Waals surface area contributed by atoms with Gasteiger partial charge in [-0.15, -0.1) is 11.3 Å². The van der Waals surface area contributed by atoms with E-state index in [2.05, 4.69) is 5.32 Å². The van der Waals surface area contributed by atoms with Crippen molar-refractivity contribution in [1.82, 2.24) is 4.31 Å². The number of carbonyl (C=O) groups excluding carboxylic acids is 1. The quantitative estimate of drug-likeness (QED) is 0.864. The summed E-state index contributed by atoms with van der Waals surface area (Å²) in [6, 6.07) is 8.32. The fraction of sp³-hybridized carbons (Fsp3) is 0.353. The zero-order chi connectivity index (χ0) is 18.0.